The zero-order valence-corrected chi connectivity index (χ0v) is 13.7. The zero-order valence-electron chi connectivity index (χ0n) is 10.7. The topological polar surface area (TPSA) is 54.5 Å². The van der Waals surface area contributed by atoms with Crippen molar-refractivity contribution >= 4 is 38.5 Å². The molecular weight excluding hydrogens is 377 g/mol. The van der Waals surface area contributed by atoms with Gasteiger partial charge in [-0.3, -0.25) is 4.79 Å². The molecule has 0 fully saturated rings. The molecule has 0 atom stereocenters. The van der Waals surface area contributed by atoms with Crippen LogP contribution in [0.15, 0.2) is 23.1 Å². The molecule has 0 saturated carbocycles. The van der Waals surface area contributed by atoms with Crippen LogP contribution in [0.5, 0.6) is 0 Å². The van der Waals surface area contributed by atoms with Crippen molar-refractivity contribution in [1.82, 2.24) is 4.31 Å². The molecule has 0 N–H and O–H groups in total. The Balaban J connectivity index is 2.23. The predicted molar refractivity (Wildman–Crippen MR) is 81.5 cm³/mol. The number of carbonyl (C=O) groups excluding carboxylic acids is 1. The number of hydrogen-bond acceptors (Lipinski definition) is 3. The predicted octanol–water partition coefficient (Wildman–Crippen LogP) is 3.02. The zero-order chi connectivity index (χ0) is 14.0. The first-order valence-electron chi connectivity index (χ1n) is 6.35. The fourth-order valence-corrected chi connectivity index (χ4v) is 4.24. The monoisotopic (exact) mass is 393 g/mol. The van der Waals surface area contributed by atoms with Crippen LogP contribution in [-0.2, 0) is 10.0 Å². The minimum atomic E-state index is -3.62. The average Bonchev–Trinajstić information content (AvgIpc) is 2.54. The van der Waals surface area contributed by atoms with Crippen molar-refractivity contribution < 1.29 is 13.2 Å². The maximum atomic E-state index is 12.3. The summed E-state index contributed by atoms with van der Waals surface area (Å²) in [5.74, 6) is -0.384. The van der Waals surface area contributed by atoms with E-state index >= 15 is 0 Å². The van der Waals surface area contributed by atoms with E-state index < -0.39 is 10.0 Å². The van der Waals surface area contributed by atoms with E-state index in [2.05, 4.69) is 29.5 Å². The summed E-state index contributed by atoms with van der Waals surface area (Å²) in [6, 6.07) is 4.88. The van der Waals surface area contributed by atoms with Crippen molar-refractivity contribution in [3.05, 3.63) is 27.3 Å². The van der Waals surface area contributed by atoms with Crippen molar-refractivity contribution in [2.45, 2.75) is 37.5 Å². The number of unbranched alkanes of at least 4 members (excludes halogenated alkanes) is 3. The molecule has 0 aliphatic carbocycles. The molecular formula is C13H16INO3S. The number of benzene rings is 1. The van der Waals surface area contributed by atoms with Crippen LogP contribution in [0.25, 0.3) is 0 Å². The van der Waals surface area contributed by atoms with Gasteiger partial charge in [-0.2, -0.15) is 0 Å². The van der Waals surface area contributed by atoms with Crippen LogP contribution in [0.3, 0.4) is 0 Å². The third-order valence-electron chi connectivity index (χ3n) is 3.18. The summed E-state index contributed by atoms with van der Waals surface area (Å²) < 4.78 is 26.4. The van der Waals surface area contributed by atoms with Crippen molar-refractivity contribution in [2.24, 2.45) is 0 Å². The first kappa shape index (κ1) is 14.8. The molecule has 1 aliphatic heterocycles. The van der Waals surface area contributed by atoms with Crippen molar-refractivity contribution in [2.75, 3.05) is 6.54 Å². The van der Waals surface area contributed by atoms with Gasteiger partial charge in [0.15, 0.2) is 0 Å². The van der Waals surface area contributed by atoms with Gasteiger partial charge in [0, 0.05) is 10.1 Å². The molecule has 19 heavy (non-hydrogen) atoms. The van der Waals surface area contributed by atoms with E-state index in [1.807, 2.05) is 0 Å². The molecule has 0 spiro atoms. The van der Waals surface area contributed by atoms with Gasteiger partial charge in [0.2, 0.25) is 0 Å². The summed E-state index contributed by atoms with van der Waals surface area (Å²) in [5, 5.41) is 0. The molecule has 6 heteroatoms. The minimum Gasteiger partial charge on any atom is -0.268 e. The molecule has 0 radical (unpaired) electrons. The summed E-state index contributed by atoms with van der Waals surface area (Å²) >= 11 is 2.08. The summed E-state index contributed by atoms with van der Waals surface area (Å²) in [5.41, 5.74) is 0.308. The number of rotatable bonds is 5. The Hall–Kier alpha value is -0.630. The Bertz CT molecular complexity index is 598. The van der Waals surface area contributed by atoms with E-state index in [0.717, 1.165) is 33.6 Å². The molecule has 0 aromatic heterocycles. The molecule has 1 aromatic rings. The van der Waals surface area contributed by atoms with Gasteiger partial charge in [-0.15, -0.1) is 0 Å². The third-order valence-corrected chi connectivity index (χ3v) is 5.69. The van der Waals surface area contributed by atoms with Crippen molar-refractivity contribution in [1.29, 1.82) is 0 Å². The van der Waals surface area contributed by atoms with Crippen LogP contribution in [0.1, 0.15) is 43.0 Å². The maximum absolute atomic E-state index is 12.3. The molecule has 0 bridgehead atoms. The van der Waals surface area contributed by atoms with Gasteiger partial charge in [0.05, 0.1) is 5.56 Å². The lowest BCUT2D eigenvalue weighted by atomic mass is 10.2. The van der Waals surface area contributed by atoms with Gasteiger partial charge < -0.3 is 0 Å². The fourth-order valence-electron chi connectivity index (χ4n) is 2.16. The number of amides is 1. The van der Waals surface area contributed by atoms with Crippen molar-refractivity contribution in [3.8, 4) is 0 Å². The Morgan fingerprint density at radius 2 is 1.95 bits per heavy atom. The molecule has 4 nitrogen and oxygen atoms in total. The quantitative estimate of drug-likeness (QED) is 0.571. The second-order valence-corrected chi connectivity index (χ2v) is 7.66. The average molecular weight is 393 g/mol. The van der Waals surface area contributed by atoms with E-state index in [-0.39, 0.29) is 17.3 Å². The normalized spacial score (nSPS) is 16.7. The molecule has 2 rings (SSSR count). The van der Waals surface area contributed by atoms with E-state index in [1.54, 1.807) is 12.1 Å². The molecule has 1 aliphatic rings. The van der Waals surface area contributed by atoms with Crippen LogP contribution in [-0.4, -0.2) is 25.2 Å². The lowest BCUT2D eigenvalue weighted by molar-refractivity contribution is 0.0869. The Kier molecular flexibility index (Phi) is 4.50. The van der Waals surface area contributed by atoms with Gasteiger partial charge >= 0.3 is 0 Å². The summed E-state index contributed by atoms with van der Waals surface area (Å²) in [6.07, 6.45) is 3.82. The molecule has 1 aromatic carbocycles. The first-order valence-corrected chi connectivity index (χ1v) is 8.87. The second-order valence-electron chi connectivity index (χ2n) is 4.58. The van der Waals surface area contributed by atoms with Crippen LogP contribution in [0.4, 0.5) is 0 Å². The van der Waals surface area contributed by atoms with Gasteiger partial charge in [-0.1, -0.05) is 26.2 Å². The van der Waals surface area contributed by atoms with Crippen LogP contribution in [0, 0.1) is 3.57 Å². The number of sulfonamides is 1. The van der Waals surface area contributed by atoms with Gasteiger partial charge in [0.1, 0.15) is 4.90 Å². The molecule has 1 amide bonds. The number of halogens is 1. The lowest BCUT2D eigenvalue weighted by Crippen LogP contribution is -2.30. The Morgan fingerprint density at radius 3 is 2.63 bits per heavy atom. The smallest absolute Gasteiger partial charge is 0.268 e. The van der Waals surface area contributed by atoms with Crippen LogP contribution >= 0.6 is 22.6 Å². The first-order chi connectivity index (χ1) is 8.98. The van der Waals surface area contributed by atoms with E-state index in [9.17, 15) is 13.2 Å². The highest BCUT2D eigenvalue weighted by Gasteiger charge is 2.40. The summed E-state index contributed by atoms with van der Waals surface area (Å²) in [4.78, 5) is 12.3. The third kappa shape index (κ3) is 2.79. The van der Waals surface area contributed by atoms with Crippen LogP contribution < -0.4 is 0 Å². The molecule has 104 valence electrons. The molecule has 0 saturated heterocycles. The number of carbonyl (C=O) groups is 1. The van der Waals surface area contributed by atoms with E-state index in [1.165, 1.54) is 6.07 Å². The fraction of sp³-hybridized carbons (Fsp3) is 0.462. The summed E-state index contributed by atoms with van der Waals surface area (Å²) in [6.45, 7) is 2.38. The summed E-state index contributed by atoms with van der Waals surface area (Å²) in [7, 11) is -3.62. The number of hydrogen-bond donors (Lipinski definition) is 0. The van der Waals surface area contributed by atoms with Crippen molar-refractivity contribution in [3.63, 3.8) is 0 Å². The van der Waals surface area contributed by atoms with E-state index in [0.29, 0.717) is 5.56 Å². The molecule has 0 unspecified atom stereocenters. The van der Waals surface area contributed by atoms with E-state index in [4.69, 9.17) is 0 Å². The minimum absolute atomic E-state index is 0.147. The largest absolute Gasteiger partial charge is 0.269 e. The Labute approximate surface area is 127 Å². The maximum Gasteiger partial charge on any atom is 0.269 e. The highest BCUT2D eigenvalue weighted by molar-refractivity contribution is 14.1. The lowest BCUT2D eigenvalue weighted by Gasteiger charge is -2.14. The van der Waals surface area contributed by atoms with Gasteiger partial charge in [-0.05, 0) is 47.2 Å². The number of nitrogens with zero attached hydrogens (tertiary/aromatic N) is 1. The van der Waals surface area contributed by atoms with Crippen LogP contribution in [0.2, 0.25) is 0 Å². The van der Waals surface area contributed by atoms with Gasteiger partial charge in [0.25, 0.3) is 15.9 Å². The highest BCUT2D eigenvalue weighted by atomic mass is 127. The highest BCUT2D eigenvalue weighted by Crippen LogP contribution is 2.31. The van der Waals surface area contributed by atoms with Gasteiger partial charge in [-0.25, -0.2) is 12.7 Å². The second kappa shape index (κ2) is 5.78. The Morgan fingerprint density at radius 1 is 1.21 bits per heavy atom. The number of fused-ring (bicyclic) bond motifs is 1. The molecule has 1 heterocycles. The SMILES string of the molecule is CCCCCCN1C(=O)c2cc(I)ccc2S1(=O)=O. The standard InChI is InChI=1S/C13H16INO3S/c1-2-3-4-5-8-15-13(16)11-9-10(14)6-7-12(11)19(15,17)18/h6-7,9H,2-5,8H2,1H3.